The maximum absolute atomic E-state index is 13.1. The molecular formula is C26H23ClF3NO3. The van der Waals surface area contributed by atoms with E-state index >= 15 is 0 Å². The minimum atomic E-state index is -4.83. The molecule has 0 saturated heterocycles. The summed E-state index contributed by atoms with van der Waals surface area (Å²) in [4.78, 5) is 11.1. The summed E-state index contributed by atoms with van der Waals surface area (Å²) in [7, 11) is 0. The molecule has 178 valence electrons. The lowest BCUT2D eigenvalue weighted by Crippen LogP contribution is -2.40. The van der Waals surface area contributed by atoms with Crippen LogP contribution in [-0.2, 0) is 11.2 Å². The highest BCUT2D eigenvalue weighted by Gasteiger charge is 2.48. The molecule has 0 amide bonds. The van der Waals surface area contributed by atoms with Gasteiger partial charge in [-0.15, -0.1) is 0 Å². The number of carbonyl (C=O) groups is 1. The Morgan fingerprint density at radius 2 is 1.68 bits per heavy atom. The number of hydrogen-bond acceptors (Lipinski definition) is 3. The van der Waals surface area contributed by atoms with E-state index in [9.17, 15) is 18.0 Å². The fraction of sp³-hybridized carbons (Fsp3) is 0.192. The number of halogens is 4. The summed E-state index contributed by atoms with van der Waals surface area (Å²) in [5.41, 5.74) is 7.68. The van der Waals surface area contributed by atoms with Crippen LogP contribution in [0.2, 0.25) is 5.02 Å². The van der Waals surface area contributed by atoms with Crippen LogP contribution in [0.15, 0.2) is 78.4 Å². The number of benzene rings is 3. The lowest BCUT2D eigenvalue weighted by molar-refractivity contribution is -0.187. The summed E-state index contributed by atoms with van der Waals surface area (Å²) in [6.07, 6.45) is -5.97. The summed E-state index contributed by atoms with van der Waals surface area (Å²) in [6.45, 7) is 1.98. The number of alkyl halides is 3. The van der Waals surface area contributed by atoms with E-state index in [1.165, 1.54) is 17.7 Å². The highest BCUT2D eigenvalue weighted by atomic mass is 35.5. The Morgan fingerprint density at radius 1 is 1.09 bits per heavy atom. The van der Waals surface area contributed by atoms with Crippen molar-refractivity contribution in [3.05, 3.63) is 106 Å². The van der Waals surface area contributed by atoms with Crippen molar-refractivity contribution in [1.29, 1.82) is 0 Å². The van der Waals surface area contributed by atoms with E-state index in [2.05, 4.69) is 0 Å². The Kier molecular flexibility index (Phi) is 8.02. The van der Waals surface area contributed by atoms with Gasteiger partial charge in [0.15, 0.2) is 0 Å². The zero-order valence-electron chi connectivity index (χ0n) is 18.2. The molecule has 1 aliphatic rings. The lowest BCUT2D eigenvalue weighted by atomic mass is 9.97. The predicted molar refractivity (Wildman–Crippen MR) is 126 cm³/mol. The molecule has 1 heterocycles. The number of rotatable bonds is 4. The molecule has 1 aliphatic heterocycles. The number of nitrogens with two attached hydrogens (primary N) is 1. The largest absolute Gasteiger partial charge is 0.478 e. The Labute approximate surface area is 200 Å². The van der Waals surface area contributed by atoms with Gasteiger partial charge in [-0.1, -0.05) is 72.3 Å². The van der Waals surface area contributed by atoms with E-state index in [1.807, 2.05) is 67.6 Å². The van der Waals surface area contributed by atoms with Gasteiger partial charge in [0.1, 0.15) is 5.75 Å². The molecular weight excluding hydrogens is 467 g/mol. The van der Waals surface area contributed by atoms with Crippen molar-refractivity contribution in [3.8, 4) is 5.75 Å². The van der Waals surface area contributed by atoms with Gasteiger partial charge in [0.25, 0.3) is 0 Å². The van der Waals surface area contributed by atoms with Crippen molar-refractivity contribution in [2.45, 2.75) is 31.7 Å². The van der Waals surface area contributed by atoms with E-state index in [-0.39, 0.29) is 17.4 Å². The summed E-state index contributed by atoms with van der Waals surface area (Å²) in [6, 6.07) is 22.4. The highest BCUT2D eigenvalue weighted by molar-refractivity contribution is 6.31. The second-order valence-electron chi connectivity index (χ2n) is 7.79. The maximum atomic E-state index is 13.1. The van der Waals surface area contributed by atoms with Gasteiger partial charge in [0.05, 0.1) is 5.57 Å². The van der Waals surface area contributed by atoms with Gasteiger partial charge in [-0.05, 0) is 48.2 Å². The lowest BCUT2D eigenvalue weighted by Gasteiger charge is -2.27. The van der Waals surface area contributed by atoms with Crippen molar-refractivity contribution in [3.63, 3.8) is 0 Å². The molecule has 4 nitrogen and oxygen atoms in total. The van der Waals surface area contributed by atoms with E-state index in [4.69, 9.17) is 27.2 Å². The highest BCUT2D eigenvalue weighted by Crippen LogP contribution is 2.39. The van der Waals surface area contributed by atoms with Crippen LogP contribution in [0.5, 0.6) is 5.75 Å². The van der Waals surface area contributed by atoms with Gasteiger partial charge in [0.2, 0.25) is 6.10 Å². The van der Waals surface area contributed by atoms with Crippen LogP contribution in [0.25, 0.3) is 6.08 Å². The number of carboxylic acids is 1. The Balaban J connectivity index is 0.000000302. The number of carboxylic acid groups (broad SMARTS) is 1. The first-order chi connectivity index (χ1) is 16.1. The van der Waals surface area contributed by atoms with Gasteiger partial charge >= 0.3 is 12.1 Å². The smallest absolute Gasteiger partial charge is 0.430 e. The standard InChI is InChI=1S/C18H12ClF3O3.C8H11N/c19-14-8-12-7-13(17(23)24)16(18(20,21)22)25-15(12)9-11(14)6-10-4-2-1-3-5-10;1-7(9)8-5-3-2-4-6-8/h1-5,7-9,16H,6H2,(H,23,24);2-7H,9H2,1H3/t16-;7-/m11/s1. The van der Waals surface area contributed by atoms with Gasteiger partial charge in [-0.3, -0.25) is 0 Å². The SMILES string of the molecule is C[C@@H](N)c1ccccc1.O=C(O)C1=Cc2cc(Cl)c(Cc3ccccc3)cc2O[C@H]1C(F)(F)F. The minimum absolute atomic E-state index is 0.0392. The van der Waals surface area contributed by atoms with Crippen molar-refractivity contribution >= 4 is 23.6 Å². The van der Waals surface area contributed by atoms with Crippen LogP contribution in [0, 0.1) is 0 Å². The topological polar surface area (TPSA) is 72.6 Å². The third kappa shape index (κ3) is 6.40. The molecule has 0 aromatic heterocycles. The van der Waals surface area contributed by atoms with E-state index in [0.29, 0.717) is 17.0 Å². The fourth-order valence-corrected chi connectivity index (χ4v) is 3.62. The molecule has 3 N–H and O–H groups in total. The molecule has 0 fully saturated rings. The number of aliphatic carboxylic acids is 1. The molecule has 3 aromatic rings. The molecule has 0 spiro atoms. The summed E-state index contributed by atoms with van der Waals surface area (Å²) >= 11 is 6.21. The number of ether oxygens (including phenoxy) is 1. The Hall–Kier alpha value is -3.29. The third-order valence-corrected chi connectivity index (χ3v) is 5.48. The van der Waals surface area contributed by atoms with Crippen LogP contribution in [-0.4, -0.2) is 23.4 Å². The summed E-state index contributed by atoms with van der Waals surface area (Å²) in [5, 5.41) is 9.37. The van der Waals surface area contributed by atoms with Gasteiger partial charge < -0.3 is 15.6 Å². The van der Waals surface area contributed by atoms with Crippen LogP contribution < -0.4 is 10.5 Å². The Bertz CT molecular complexity index is 1160. The normalized spacial score (nSPS) is 15.7. The molecule has 0 unspecified atom stereocenters. The first-order valence-electron chi connectivity index (χ1n) is 10.4. The van der Waals surface area contributed by atoms with Gasteiger partial charge in [0, 0.05) is 16.6 Å². The van der Waals surface area contributed by atoms with Crippen molar-refractivity contribution in [2.75, 3.05) is 0 Å². The third-order valence-electron chi connectivity index (χ3n) is 5.12. The van der Waals surface area contributed by atoms with Gasteiger partial charge in [-0.2, -0.15) is 13.2 Å². The summed E-state index contributed by atoms with van der Waals surface area (Å²) in [5.74, 6) is -1.72. The van der Waals surface area contributed by atoms with Crippen LogP contribution >= 0.6 is 11.6 Å². The molecule has 0 bridgehead atoms. The second-order valence-corrected chi connectivity index (χ2v) is 8.19. The number of fused-ring (bicyclic) bond motifs is 1. The van der Waals surface area contributed by atoms with Crippen molar-refractivity contribution in [2.24, 2.45) is 5.73 Å². The van der Waals surface area contributed by atoms with Crippen molar-refractivity contribution < 1.29 is 27.8 Å². The van der Waals surface area contributed by atoms with E-state index in [1.54, 1.807) is 0 Å². The first-order valence-corrected chi connectivity index (χ1v) is 10.8. The van der Waals surface area contributed by atoms with E-state index < -0.39 is 23.8 Å². The molecule has 2 atom stereocenters. The average molecular weight is 490 g/mol. The zero-order valence-corrected chi connectivity index (χ0v) is 19.0. The average Bonchev–Trinajstić information content (AvgIpc) is 2.80. The molecule has 0 saturated carbocycles. The van der Waals surface area contributed by atoms with Gasteiger partial charge in [-0.25, -0.2) is 4.79 Å². The Morgan fingerprint density at radius 3 is 2.18 bits per heavy atom. The second kappa shape index (κ2) is 10.8. The molecule has 3 aromatic carbocycles. The molecule has 4 rings (SSSR count). The quantitative estimate of drug-likeness (QED) is 0.443. The zero-order chi connectivity index (χ0) is 24.9. The maximum Gasteiger partial charge on any atom is 0.430 e. The molecule has 0 radical (unpaired) electrons. The minimum Gasteiger partial charge on any atom is -0.478 e. The summed E-state index contributed by atoms with van der Waals surface area (Å²) < 4.78 is 44.3. The molecule has 8 heteroatoms. The van der Waals surface area contributed by atoms with E-state index in [0.717, 1.165) is 11.6 Å². The predicted octanol–water partition coefficient (Wildman–Crippen LogP) is 6.43. The van der Waals surface area contributed by atoms with Crippen LogP contribution in [0.4, 0.5) is 13.2 Å². The van der Waals surface area contributed by atoms with Crippen LogP contribution in [0.1, 0.15) is 35.2 Å². The molecule has 0 aliphatic carbocycles. The monoisotopic (exact) mass is 489 g/mol. The molecule has 34 heavy (non-hydrogen) atoms. The fourth-order valence-electron chi connectivity index (χ4n) is 3.38. The number of hydrogen-bond donors (Lipinski definition) is 2. The van der Waals surface area contributed by atoms with Crippen LogP contribution in [0.3, 0.4) is 0 Å². The van der Waals surface area contributed by atoms with Crippen molar-refractivity contribution in [1.82, 2.24) is 0 Å². The first kappa shape index (κ1) is 25.3.